The molecule has 0 spiro atoms. The lowest BCUT2D eigenvalue weighted by Crippen LogP contribution is -2.30. The van der Waals surface area contributed by atoms with Crippen molar-refractivity contribution in [3.63, 3.8) is 0 Å². The van der Waals surface area contributed by atoms with E-state index in [1.807, 2.05) is 31.2 Å². The average Bonchev–Trinajstić information content (AvgIpc) is 2.49. The number of aldehydes is 1. The van der Waals surface area contributed by atoms with E-state index in [9.17, 15) is 14.7 Å². The van der Waals surface area contributed by atoms with E-state index in [4.69, 9.17) is 5.73 Å². The highest BCUT2D eigenvalue weighted by Crippen LogP contribution is 2.23. The third-order valence-corrected chi connectivity index (χ3v) is 3.00. The van der Waals surface area contributed by atoms with Crippen LogP contribution in [-0.2, 0) is 4.79 Å². The number of benzene rings is 2. The summed E-state index contributed by atoms with van der Waals surface area (Å²) >= 11 is 0. The molecular formula is C16H17N3O3. The number of hydrogen-bond acceptors (Lipinski definition) is 5. The van der Waals surface area contributed by atoms with Gasteiger partial charge in [-0.3, -0.25) is 4.79 Å². The van der Waals surface area contributed by atoms with E-state index >= 15 is 0 Å². The number of aryl methyl sites for hydroxylation is 1. The molecule has 2 rings (SSSR count). The Bertz CT molecular complexity index is 684. The summed E-state index contributed by atoms with van der Waals surface area (Å²) < 4.78 is 0. The quantitative estimate of drug-likeness (QED) is 0.482. The van der Waals surface area contributed by atoms with Crippen LogP contribution in [0, 0.1) is 6.92 Å². The van der Waals surface area contributed by atoms with Crippen molar-refractivity contribution in [1.29, 1.82) is 0 Å². The molecule has 0 saturated heterocycles. The molecule has 0 aromatic heterocycles. The molecular weight excluding hydrogens is 282 g/mol. The normalized spacial score (nSPS) is 11.5. The molecule has 1 atom stereocenters. The summed E-state index contributed by atoms with van der Waals surface area (Å²) in [6.45, 7) is 1.98. The summed E-state index contributed by atoms with van der Waals surface area (Å²) in [5.74, 6) is -1.06. The lowest BCUT2D eigenvalue weighted by atomic mass is 10.1. The highest BCUT2D eigenvalue weighted by atomic mass is 16.4. The van der Waals surface area contributed by atoms with Crippen LogP contribution in [0.1, 0.15) is 15.9 Å². The molecule has 22 heavy (non-hydrogen) atoms. The van der Waals surface area contributed by atoms with E-state index in [1.54, 1.807) is 6.07 Å². The first-order valence-corrected chi connectivity index (χ1v) is 6.67. The van der Waals surface area contributed by atoms with Crippen LogP contribution in [0.5, 0.6) is 0 Å². The first-order valence-electron chi connectivity index (χ1n) is 6.67. The number of hydrogen-bond donors (Lipinski definition) is 4. The summed E-state index contributed by atoms with van der Waals surface area (Å²) in [5.41, 5.74) is 8.60. The van der Waals surface area contributed by atoms with E-state index in [0.29, 0.717) is 17.7 Å². The molecule has 0 aliphatic rings. The van der Waals surface area contributed by atoms with Crippen molar-refractivity contribution in [3.05, 3.63) is 53.6 Å². The first-order chi connectivity index (χ1) is 10.5. The lowest BCUT2D eigenvalue weighted by Gasteiger charge is -2.13. The van der Waals surface area contributed by atoms with Gasteiger partial charge in [-0.05, 0) is 37.3 Å². The topological polar surface area (TPSA) is 104 Å². The Kier molecular flexibility index (Phi) is 4.75. The van der Waals surface area contributed by atoms with Crippen molar-refractivity contribution in [3.8, 4) is 0 Å². The van der Waals surface area contributed by atoms with Crippen LogP contribution < -0.4 is 16.4 Å². The van der Waals surface area contributed by atoms with Gasteiger partial charge in [-0.25, -0.2) is 4.79 Å². The molecule has 0 aliphatic carbocycles. The Hall–Kier alpha value is -2.86. The molecule has 0 aliphatic heterocycles. The van der Waals surface area contributed by atoms with Gasteiger partial charge in [0, 0.05) is 17.1 Å². The molecule has 6 nitrogen and oxygen atoms in total. The second kappa shape index (κ2) is 6.73. The minimum atomic E-state index is -1.06. The number of rotatable bonds is 6. The van der Waals surface area contributed by atoms with Crippen molar-refractivity contribution in [2.75, 3.05) is 10.6 Å². The Morgan fingerprint density at radius 2 is 1.77 bits per heavy atom. The van der Waals surface area contributed by atoms with Crippen molar-refractivity contribution < 1.29 is 14.7 Å². The summed E-state index contributed by atoms with van der Waals surface area (Å²) in [7, 11) is 0. The molecule has 0 saturated carbocycles. The smallest absolute Gasteiger partial charge is 0.335 e. The highest BCUT2D eigenvalue weighted by Gasteiger charge is 2.09. The average molecular weight is 299 g/mol. The number of nitrogens with two attached hydrogens (primary N) is 1. The zero-order chi connectivity index (χ0) is 16.1. The van der Waals surface area contributed by atoms with Gasteiger partial charge in [0.1, 0.15) is 6.17 Å². The molecule has 0 heterocycles. The summed E-state index contributed by atoms with van der Waals surface area (Å²) in [4.78, 5) is 21.8. The predicted molar refractivity (Wildman–Crippen MR) is 85.5 cm³/mol. The molecule has 6 heteroatoms. The fourth-order valence-electron chi connectivity index (χ4n) is 1.94. The summed E-state index contributed by atoms with van der Waals surface area (Å²) in [5, 5.41) is 15.0. The number of nitrogens with one attached hydrogen (secondary N) is 2. The van der Waals surface area contributed by atoms with E-state index in [-0.39, 0.29) is 5.56 Å². The Morgan fingerprint density at radius 1 is 1.14 bits per heavy atom. The minimum absolute atomic E-state index is 0.0951. The Morgan fingerprint density at radius 3 is 2.36 bits per heavy atom. The molecule has 2 aromatic rings. The predicted octanol–water partition coefficient (Wildman–Crippen LogP) is 2.33. The Balaban J connectivity index is 2.30. The number of anilines is 3. The van der Waals surface area contributed by atoms with E-state index in [1.165, 1.54) is 12.1 Å². The molecule has 0 radical (unpaired) electrons. The van der Waals surface area contributed by atoms with Crippen molar-refractivity contribution in [1.82, 2.24) is 0 Å². The molecule has 114 valence electrons. The van der Waals surface area contributed by atoms with Gasteiger partial charge in [-0.2, -0.15) is 0 Å². The highest BCUT2D eigenvalue weighted by molar-refractivity contribution is 5.91. The molecule has 0 fully saturated rings. The van der Waals surface area contributed by atoms with Gasteiger partial charge >= 0.3 is 5.97 Å². The van der Waals surface area contributed by atoms with Crippen LogP contribution >= 0.6 is 0 Å². The zero-order valence-corrected chi connectivity index (χ0v) is 12.0. The maximum Gasteiger partial charge on any atom is 0.335 e. The van der Waals surface area contributed by atoms with Crippen LogP contribution in [0.15, 0.2) is 42.5 Å². The SMILES string of the molecule is Cc1ccc(Nc2cc(NC(N)C=O)cc(C(=O)O)c2)cc1. The number of carbonyl (C=O) groups excluding carboxylic acids is 1. The van der Waals surface area contributed by atoms with Gasteiger partial charge in [0.25, 0.3) is 0 Å². The van der Waals surface area contributed by atoms with Gasteiger partial charge in [0.05, 0.1) is 5.56 Å². The van der Waals surface area contributed by atoms with Crippen molar-refractivity contribution >= 4 is 29.3 Å². The number of aromatic carboxylic acids is 1. The summed E-state index contributed by atoms with van der Waals surface area (Å²) in [6.07, 6.45) is -0.350. The monoisotopic (exact) mass is 299 g/mol. The standard InChI is InChI=1S/C16H17N3O3/c1-10-2-4-12(5-3-10)18-13-6-11(16(21)22)7-14(8-13)19-15(17)9-20/h2-9,15,18-19H,17H2,1H3,(H,21,22). The third kappa shape index (κ3) is 4.07. The second-order valence-corrected chi connectivity index (χ2v) is 4.90. The van der Waals surface area contributed by atoms with Crippen LogP contribution in [0.4, 0.5) is 17.1 Å². The molecule has 0 bridgehead atoms. The summed E-state index contributed by atoms with van der Waals surface area (Å²) in [6, 6.07) is 12.3. The number of carbonyl (C=O) groups is 2. The maximum absolute atomic E-state index is 11.2. The van der Waals surface area contributed by atoms with Crippen molar-refractivity contribution in [2.45, 2.75) is 13.1 Å². The number of carboxylic acids is 1. The van der Waals surface area contributed by atoms with E-state index < -0.39 is 12.1 Å². The lowest BCUT2D eigenvalue weighted by molar-refractivity contribution is -0.108. The molecule has 2 aromatic carbocycles. The Labute approximate surface area is 128 Å². The minimum Gasteiger partial charge on any atom is -0.478 e. The van der Waals surface area contributed by atoms with Crippen molar-refractivity contribution in [2.24, 2.45) is 5.73 Å². The van der Waals surface area contributed by atoms with Crippen LogP contribution in [0.2, 0.25) is 0 Å². The zero-order valence-electron chi connectivity index (χ0n) is 12.0. The largest absolute Gasteiger partial charge is 0.478 e. The van der Waals surface area contributed by atoms with Gasteiger partial charge < -0.3 is 21.5 Å². The van der Waals surface area contributed by atoms with Crippen LogP contribution in [0.25, 0.3) is 0 Å². The van der Waals surface area contributed by atoms with E-state index in [0.717, 1.165) is 11.3 Å². The number of carboxylic acid groups (broad SMARTS) is 1. The molecule has 1 unspecified atom stereocenters. The molecule has 5 N–H and O–H groups in total. The third-order valence-electron chi connectivity index (χ3n) is 3.00. The second-order valence-electron chi connectivity index (χ2n) is 4.90. The van der Waals surface area contributed by atoms with Crippen LogP contribution in [0.3, 0.4) is 0 Å². The fourth-order valence-corrected chi connectivity index (χ4v) is 1.94. The van der Waals surface area contributed by atoms with Crippen LogP contribution in [-0.4, -0.2) is 23.5 Å². The van der Waals surface area contributed by atoms with Gasteiger partial charge in [-0.1, -0.05) is 17.7 Å². The van der Waals surface area contributed by atoms with E-state index in [2.05, 4.69) is 10.6 Å². The fraction of sp³-hybridized carbons (Fsp3) is 0.125. The molecule has 0 amide bonds. The van der Waals surface area contributed by atoms with Gasteiger partial charge in [0.15, 0.2) is 6.29 Å². The van der Waals surface area contributed by atoms with Gasteiger partial charge in [0.2, 0.25) is 0 Å². The van der Waals surface area contributed by atoms with Gasteiger partial charge in [-0.15, -0.1) is 0 Å². The first kappa shape index (κ1) is 15.5. The maximum atomic E-state index is 11.2.